The molecule has 98 valence electrons. The molecule has 3 heteroatoms. The number of hydrogen-bond acceptors (Lipinski definition) is 2. The van der Waals surface area contributed by atoms with Crippen LogP contribution < -0.4 is 5.32 Å². The standard InChI is InChI=1S/C16H17NO2/c1-11-6-7-12(2)15(8-11)16(19)17-10-13-4-3-5-14(18)9-13/h3-9,18H,10H2,1-2H3,(H,17,19). The zero-order valence-electron chi connectivity index (χ0n) is 11.1. The molecule has 19 heavy (non-hydrogen) atoms. The summed E-state index contributed by atoms with van der Waals surface area (Å²) in [4.78, 5) is 12.1. The summed E-state index contributed by atoms with van der Waals surface area (Å²) >= 11 is 0. The Balaban J connectivity index is 2.07. The number of aryl methyl sites for hydroxylation is 2. The van der Waals surface area contributed by atoms with Crippen molar-refractivity contribution in [2.75, 3.05) is 0 Å². The highest BCUT2D eigenvalue weighted by molar-refractivity contribution is 5.95. The Morgan fingerprint density at radius 2 is 1.95 bits per heavy atom. The first-order valence-electron chi connectivity index (χ1n) is 6.19. The predicted octanol–water partition coefficient (Wildman–Crippen LogP) is 2.94. The fourth-order valence-corrected chi connectivity index (χ4v) is 1.92. The van der Waals surface area contributed by atoms with E-state index in [9.17, 15) is 9.90 Å². The molecule has 0 aliphatic rings. The van der Waals surface area contributed by atoms with Gasteiger partial charge in [0.15, 0.2) is 0 Å². The lowest BCUT2D eigenvalue weighted by molar-refractivity contribution is 0.0950. The second-order valence-corrected chi connectivity index (χ2v) is 4.67. The molecule has 2 aromatic carbocycles. The molecular formula is C16H17NO2. The normalized spacial score (nSPS) is 10.2. The van der Waals surface area contributed by atoms with Crippen molar-refractivity contribution in [3.05, 3.63) is 64.7 Å². The fourth-order valence-electron chi connectivity index (χ4n) is 1.92. The molecule has 2 N–H and O–H groups in total. The van der Waals surface area contributed by atoms with Crippen LogP contribution in [0, 0.1) is 13.8 Å². The summed E-state index contributed by atoms with van der Waals surface area (Å²) < 4.78 is 0. The summed E-state index contributed by atoms with van der Waals surface area (Å²) in [6.45, 7) is 4.29. The molecule has 0 spiro atoms. The number of aromatic hydroxyl groups is 1. The minimum Gasteiger partial charge on any atom is -0.508 e. The van der Waals surface area contributed by atoms with E-state index in [0.29, 0.717) is 12.1 Å². The van der Waals surface area contributed by atoms with E-state index in [4.69, 9.17) is 0 Å². The maximum absolute atomic E-state index is 12.1. The van der Waals surface area contributed by atoms with E-state index in [1.165, 1.54) is 0 Å². The van der Waals surface area contributed by atoms with Crippen molar-refractivity contribution in [2.24, 2.45) is 0 Å². The summed E-state index contributed by atoms with van der Waals surface area (Å²) in [5.74, 6) is 0.114. The number of amides is 1. The van der Waals surface area contributed by atoms with Crippen LogP contribution in [0.15, 0.2) is 42.5 Å². The lowest BCUT2D eigenvalue weighted by atomic mass is 10.0. The monoisotopic (exact) mass is 255 g/mol. The number of carbonyl (C=O) groups excluding carboxylic acids is 1. The maximum Gasteiger partial charge on any atom is 0.251 e. The molecule has 0 saturated carbocycles. The molecule has 3 nitrogen and oxygen atoms in total. The minimum atomic E-state index is -0.0930. The molecule has 0 heterocycles. The SMILES string of the molecule is Cc1ccc(C)c(C(=O)NCc2cccc(O)c2)c1. The van der Waals surface area contributed by atoms with Gasteiger partial charge in [-0.15, -0.1) is 0 Å². The van der Waals surface area contributed by atoms with Gasteiger partial charge in [0.25, 0.3) is 5.91 Å². The highest BCUT2D eigenvalue weighted by Gasteiger charge is 2.08. The average molecular weight is 255 g/mol. The van der Waals surface area contributed by atoms with Crippen molar-refractivity contribution in [3.63, 3.8) is 0 Å². The number of benzene rings is 2. The number of phenols is 1. The Morgan fingerprint density at radius 1 is 1.16 bits per heavy atom. The molecule has 0 radical (unpaired) electrons. The van der Waals surface area contributed by atoms with E-state index < -0.39 is 0 Å². The van der Waals surface area contributed by atoms with E-state index in [1.54, 1.807) is 18.2 Å². The molecular weight excluding hydrogens is 238 g/mol. The van der Waals surface area contributed by atoms with Crippen LogP contribution in [0.5, 0.6) is 5.75 Å². The van der Waals surface area contributed by atoms with Crippen molar-refractivity contribution in [1.82, 2.24) is 5.32 Å². The number of carbonyl (C=O) groups is 1. The van der Waals surface area contributed by atoms with Gasteiger partial charge in [0.2, 0.25) is 0 Å². The Hall–Kier alpha value is -2.29. The first kappa shape index (κ1) is 13.1. The number of nitrogens with one attached hydrogen (secondary N) is 1. The van der Waals surface area contributed by atoms with Gasteiger partial charge in [0.05, 0.1) is 0 Å². The summed E-state index contributed by atoms with van der Waals surface area (Å²) in [6.07, 6.45) is 0. The smallest absolute Gasteiger partial charge is 0.251 e. The van der Waals surface area contributed by atoms with E-state index in [1.807, 2.05) is 38.1 Å². The van der Waals surface area contributed by atoms with Crippen molar-refractivity contribution >= 4 is 5.91 Å². The van der Waals surface area contributed by atoms with Crippen molar-refractivity contribution in [3.8, 4) is 5.75 Å². The largest absolute Gasteiger partial charge is 0.508 e. The van der Waals surface area contributed by atoms with E-state index in [0.717, 1.165) is 16.7 Å². The van der Waals surface area contributed by atoms with Gasteiger partial charge in [-0.3, -0.25) is 4.79 Å². The lowest BCUT2D eigenvalue weighted by Crippen LogP contribution is -2.23. The first-order chi connectivity index (χ1) is 9.06. The number of rotatable bonds is 3. The van der Waals surface area contributed by atoms with Crippen LogP contribution in [-0.4, -0.2) is 11.0 Å². The van der Waals surface area contributed by atoms with Crippen molar-refractivity contribution in [2.45, 2.75) is 20.4 Å². The third kappa shape index (κ3) is 3.35. The summed E-state index contributed by atoms with van der Waals surface area (Å²) in [6, 6.07) is 12.7. The highest BCUT2D eigenvalue weighted by atomic mass is 16.3. The van der Waals surface area contributed by atoms with Crippen LogP contribution in [0.4, 0.5) is 0 Å². The van der Waals surface area contributed by atoms with Crippen LogP contribution >= 0.6 is 0 Å². The van der Waals surface area contributed by atoms with Gasteiger partial charge in [-0.1, -0.05) is 29.8 Å². The van der Waals surface area contributed by atoms with Crippen LogP contribution in [0.25, 0.3) is 0 Å². The zero-order valence-corrected chi connectivity index (χ0v) is 11.1. The van der Waals surface area contributed by atoms with Crippen LogP contribution in [0.2, 0.25) is 0 Å². The second kappa shape index (κ2) is 5.57. The number of hydrogen-bond donors (Lipinski definition) is 2. The molecule has 0 atom stereocenters. The molecule has 0 bridgehead atoms. The van der Waals surface area contributed by atoms with Gasteiger partial charge >= 0.3 is 0 Å². The van der Waals surface area contributed by atoms with Gasteiger partial charge in [-0.25, -0.2) is 0 Å². The van der Waals surface area contributed by atoms with Crippen molar-refractivity contribution in [1.29, 1.82) is 0 Å². The van der Waals surface area contributed by atoms with E-state index in [-0.39, 0.29) is 11.7 Å². The molecule has 0 aliphatic heterocycles. The third-order valence-corrected chi connectivity index (χ3v) is 3.00. The summed E-state index contributed by atoms with van der Waals surface area (Å²) in [7, 11) is 0. The molecule has 0 fully saturated rings. The maximum atomic E-state index is 12.1. The molecule has 0 saturated heterocycles. The minimum absolute atomic E-state index is 0.0930. The van der Waals surface area contributed by atoms with Crippen LogP contribution in [0.1, 0.15) is 27.0 Å². The van der Waals surface area contributed by atoms with E-state index in [2.05, 4.69) is 5.32 Å². The Labute approximate surface area is 112 Å². The Morgan fingerprint density at radius 3 is 2.68 bits per heavy atom. The zero-order chi connectivity index (χ0) is 13.8. The molecule has 0 aromatic heterocycles. The van der Waals surface area contributed by atoms with E-state index >= 15 is 0 Å². The van der Waals surface area contributed by atoms with Crippen LogP contribution in [-0.2, 0) is 6.54 Å². The van der Waals surface area contributed by atoms with Gasteiger partial charge in [0.1, 0.15) is 5.75 Å². The van der Waals surface area contributed by atoms with Gasteiger partial charge in [-0.05, 0) is 43.2 Å². The topological polar surface area (TPSA) is 49.3 Å². The lowest BCUT2D eigenvalue weighted by Gasteiger charge is -2.09. The van der Waals surface area contributed by atoms with Gasteiger partial charge in [0, 0.05) is 12.1 Å². The van der Waals surface area contributed by atoms with Gasteiger partial charge < -0.3 is 10.4 Å². The quantitative estimate of drug-likeness (QED) is 0.886. The molecule has 2 rings (SSSR count). The van der Waals surface area contributed by atoms with Crippen LogP contribution in [0.3, 0.4) is 0 Å². The molecule has 0 aliphatic carbocycles. The summed E-state index contributed by atoms with van der Waals surface area (Å²) in [5.41, 5.74) is 3.59. The third-order valence-electron chi connectivity index (χ3n) is 3.00. The average Bonchev–Trinajstić information content (AvgIpc) is 2.39. The first-order valence-corrected chi connectivity index (χ1v) is 6.19. The predicted molar refractivity (Wildman–Crippen MR) is 75.2 cm³/mol. The number of phenolic OH excluding ortho intramolecular Hbond substituents is 1. The van der Waals surface area contributed by atoms with Gasteiger partial charge in [-0.2, -0.15) is 0 Å². The second-order valence-electron chi connectivity index (χ2n) is 4.67. The molecule has 0 unspecified atom stereocenters. The Bertz CT molecular complexity index is 605. The fraction of sp³-hybridized carbons (Fsp3) is 0.188. The highest BCUT2D eigenvalue weighted by Crippen LogP contribution is 2.12. The molecule has 1 amide bonds. The molecule has 2 aromatic rings. The Kier molecular flexibility index (Phi) is 3.85. The van der Waals surface area contributed by atoms with Crippen molar-refractivity contribution < 1.29 is 9.90 Å². The summed E-state index contributed by atoms with van der Waals surface area (Å²) in [5, 5.41) is 12.2.